The van der Waals surface area contributed by atoms with Gasteiger partial charge in [0.1, 0.15) is 17.8 Å². The number of hydrogen-bond acceptors (Lipinski definition) is 5. The second-order valence-corrected chi connectivity index (χ2v) is 4.37. The second kappa shape index (κ2) is 4.09. The zero-order valence-electron chi connectivity index (χ0n) is 8.43. The summed E-state index contributed by atoms with van der Waals surface area (Å²) in [5.41, 5.74) is 0.777. The smallest absolute Gasteiger partial charge is 0.177 e. The van der Waals surface area contributed by atoms with Gasteiger partial charge in [0.25, 0.3) is 0 Å². The lowest BCUT2D eigenvalue weighted by atomic mass is 10.3. The van der Waals surface area contributed by atoms with Crippen LogP contribution < -0.4 is 0 Å². The summed E-state index contributed by atoms with van der Waals surface area (Å²) in [4.78, 5) is 10.1. The summed E-state index contributed by atoms with van der Waals surface area (Å²) in [6.45, 7) is 2.00. The fourth-order valence-corrected chi connectivity index (χ4v) is 2.06. The Morgan fingerprint density at radius 3 is 2.50 bits per heavy atom. The molecule has 2 aromatic rings. The van der Waals surface area contributed by atoms with Crippen LogP contribution in [0.2, 0.25) is 0 Å². The monoisotopic (exact) mass is 226 g/mol. The Labute approximate surface area is 96.4 Å². The van der Waals surface area contributed by atoms with Gasteiger partial charge in [-0.05, 0) is 19.1 Å². The summed E-state index contributed by atoms with van der Waals surface area (Å²) in [7, 11) is 0. The first-order chi connectivity index (χ1) is 7.74. The first-order valence-corrected chi connectivity index (χ1v) is 5.30. The number of nitriles is 2. The molecular weight excluding hydrogens is 220 g/mol. The molecule has 2 rings (SSSR count). The normalized spacial score (nSPS) is 9.44. The highest BCUT2D eigenvalue weighted by atomic mass is 32.1. The van der Waals surface area contributed by atoms with E-state index in [-0.39, 0.29) is 11.4 Å². The van der Waals surface area contributed by atoms with Crippen LogP contribution in [0.25, 0.3) is 10.6 Å². The van der Waals surface area contributed by atoms with Gasteiger partial charge in [-0.15, -0.1) is 11.3 Å². The van der Waals surface area contributed by atoms with Crippen LogP contribution in [0.1, 0.15) is 16.3 Å². The van der Waals surface area contributed by atoms with Gasteiger partial charge in [-0.25, -0.2) is 9.97 Å². The van der Waals surface area contributed by atoms with Crippen LogP contribution >= 0.6 is 11.3 Å². The Morgan fingerprint density at radius 2 is 1.94 bits per heavy atom. The van der Waals surface area contributed by atoms with Crippen LogP contribution in [0.5, 0.6) is 0 Å². The van der Waals surface area contributed by atoms with Crippen molar-refractivity contribution in [2.45, 2.75) is 6.92 Å². The molecule has 0 saturated carbocycles. The Kier molecular flexibility index (Phi) is 2.63. The van der Waals surface area contributed by atoms with Crippen LogP contribution in [-0.2, 0) is 0 Å². The summed E-state index contributed by atoms with van der Waals surface area (Å²) in [6.07, 6.45) is 1.52. The molecule has 76 valence electrons. The number of thiophene rings is 1. The van der Waals surface area contributed by atoms with Gasteiger partial charge in [-0.3, -0.25) is 0 Å². The molecule has 0 aromatic carbocycles. The molecule has 16 heavy (non-hydrogen) atoms. The van der Waals surface area contributed by atoms with E-state index in [1.165, 1.54) is 11.1 Å². The maximum Gasteiger partial charge on any atom is 0.177 e. The Balaban J connectivity index is 2.54. The molecule has 0 atom stereocenters. The average Bonchev–Trinajstić information content (AvgIpc) is 2.75. The molecule has 0 amide bonds. The standard InChI is InChI=1S/C11H6N4S/c1-7-2-3-11(16-7)10-6-14-8(4-12)9(5-13)15-10/h2-3,6H,1H3. The van der Waals surface area contributed by atoms with Crippen molar-refractivity contribution in [2.75, 3.05) is 0 Å². The van der Waals surface area contributed by atoms with Gasteiger partial charge < -0.3 is 0 Å². The van der Waals surface area contributed by atoms with E-state index in [0.29, 0.717) is 5.69 Å². The van der Waals surface area contributed by atoms with E-state index in [2.05, 4.69) is 9.97 Å². The van der Waals surface area contributed by atoms with Crippen molar-refractivity contribution in [3.63, 3.8) is 0 Å². The first-order valence-electron chi connectivity index (χ1n) is 4.48. The zero-order valence-corrected chi connectivity index (χ0v) is 9.25. The first kappa shape index (κ1) is 10.3. The van der Waals surface area contributed by atoms with Crippen LogP contribution in [0, 0.1) is 29.6 Å². The topological polar surface area (TPSA) is 73.4 Å². The summed E-state index contributed by atoms with van der Waals surface area (Å²) in [6, 6.07) is 7.62. The summed E-state index contributed by atoms with van der Waals surface area (Å²) < 4.78 is 0. The lowest BCUT2D eigenvalue weighted by molar-refractivity contribution is 1.14. The molecule has 4 nitrogen and oxygen atoms in total. The quantitative estimate of drug-likeness (QED) is 0.747. The summed E-state index contributed by atoms with van der Waals surface area (Å²) >= 11 is 1.58. The predicted molar refractivity (Wildman–Crippen MR) is 59.5 cm³/mol. The van der Waals surface area contributed by atoms with Crippen LogP contribution in [0.4, 0.5) is 0 Å². The highest BCUT2D eigenvalue weighted by Gasteiger charge is 2.08. The third-order valence-corrected chi connectivity index (χ3v) is 3.00. The predicted octanol–water partition coefficient (Wildman–Crippen LogP) is 2.26. The molecular formula is C11H6N4S. The molecule has 0 aliphatic heterocycles. The van der Waals surface area contributed by atoms with Crippen molar-refractivity contribution in [3.05, 3.63) is 34.6 Å². The summed E-state index contributed by atoms with van der Waals surface area (Å²) in [5, 5.41) is 17.5. The molecule has 0 bridgehead atoms. The third kappa shape index (κ3) is 1.77. The molecule has 2 aromatic heterocycles. The molecule has 0 aliphatic carbocycles. The fraction of sp³-hybridized carbons (Fsp3) is 0.0909. The highest BCUT2D eigenvalue weighted by Crippen LogP contribution is 2.25. The lowest BCUT2D eigenvalue weighted by Crippen LogP contribution is -1.94. The average molecular weight is 226 g/mol. The molecule has 0 saturated heterocycles. The Hall–Kier alpha value is -2.24. The van der Waals surface area contributed by atoms with Crippen molar-refractivity contribution in [2.24, 2.45) is 0 Å². The van der Waals surface area contributed by atoms with Crippen molar-refractivity contribution in [1.82, 2.24) is 9.97 Å². The highest BCUT2D eigenvalue weighted by molar-refractivity contribution is 7.15. The van der Waals surface area contributed by atoms with Crippen LogP contribution in [-0.4, -0.2) is 9.97 Å². The summed E-state index contributed by atoms with van der Waals surface area (Å²) in [5.74, 6) is 0. The van der Waals surface area contributed by atoms with Gasteiger partial charge in [-0.2, -0.15) is 10.5 Å². The Morgan fingerprint density at radius 1 is 1.19 bits per heavy atom. The maximum atomic E-state index is 8.83. The number of hydrogen-bond donors (Lipinski definition) is 0. The molecule has 0 radical (unpaired) electrons. The Bertz CT molecular complexity index is 616. The van der Waals surface area contributed by atoms with Crippen molar-refractivity contribution in [3.8, 4) is 22.7 Å². The molecule has 0 unspecified atom stereocenters. The second-order valence-electron chi connectivity index (χ2n) is 3.09. The molecule has 2 heterocycles. The lowest BCUT2D eigenvalue weighted by Gasteiger charge is -1.97. The van der Waals surface area contributed by atoms with Crippen molar-refractivity contribution < 1.29 is 0 Å². The van der Waals surface area contributed by atoms with E-state index >= 15 is 0 Å². The maximum absolute atomic E-state index is 8.83. The molecule has 0 N–H and O–H groups in total. The van der Waals surface area contributed by atoms with E-state index < -0.39 is 0 Å². The van der Waals surface area contributed by atoms with Gasteiger partial charge in [0.15, 0.2) is 11.4 Å². The van der Waals surface area contributed by atoms with E-state index in [1.54, 1.807) is 11.3 Å². The van der Waals surface area contributed by atoms with Crippen molar-refractivity contribution in [1.29, 1.82) is 10.5 Å². The molecule has 5 heteroatoms. The number of rotatable bonds is 1. The van der Waals surface area contributed by atoms with Gasteiger partial charge in [0.2, 0.25) is 0 Å². The minimum atomic E-state index is 0.0690. The number of aryl methyl sites for hydroxylation is 1. The van der Waals surface area contributed by atoms with E-state index in [4.69, 9.17) is 10.5 Å². The molecule has 0 fully saturated rings. The number of nitrogens with zero attached hydrogens (tertiary/aromatic N) is 4. The zero-order chi connectivity index (χ0) is 11.5. The largest absolute Gasteiger partial charge is 0.240 e. The van der Waals surface area contributed by atoms with Crippen LogP contribution in [0.3, 0.4) is 0 Å². The van der Waals surface area contributed by atoms with Gasteiger partial charge in [-0.1, -0.05) is 0 Å². The minimum absolute atomic E-state index is 0.0690. The molecule has 0 spiro atoms. The van der Waals surface area contributed by atoms with E-state index in [9.17, 15) is 0 Å². The van der Waals surface area contributed by atoms with Gasteiger partial charge in [0, 0.05) is 4.88 Å². The van der Waals surface area contributed by atoms with E-state index in [0.717, 1.165) is 4.88 Å². The number of aromatic nitrogens is 2. The minimum Gasteiger partial charge on any atom is -0.240 e. The van der Waals surface area contributed by atoms with E-state index in [1.807, 2.05) is 31.2 Å². The molecule has 0 aliphatic rings. The SMILES string of the molecule is Cc1ccc(-c2cnc(C#N)c(C#N)n2)s1. The van der Waals surface area contributed by atoms with Gasteiger partial charge >= 0.3 is 0 Å². The fourth-order valence-electron chi connectivity index (χ4n) is 1.24. The van der Waals surface area contributed by atoms with Crippen molar-refractivity contribution >= 4 is 11.3 Å². The van der Waals surface area contributed by atoms with Crippen LogP contribution in [0.15, 0.2) is 18.3 Å². The third-order valence-electron chi connectivity index (χ3n) is 1.98. The van der Waals surface area contributed by atoms with Gasteiger partial charge in [0.05, 0.1) is 11.1 Å².